The highest BCUT2D eigenvalue weighted by molar-refractivity contribution is 6.31. The number of nitrogens with one attached hydrogen (secondary N) is 2. The van der Waals surface area contributed by atoms with E-state index in [1.54, 1.807) is 41.5 Å². The summed E-state index contributed by atoms with van der Waals surface area (Å²) >= 11 is 11.7. The zero-order chi connectivity index (χ0) is 52.3. The number of halogens is 8. The second-order valence-corrected chi connectivity index (χ2v) is 20.5. The minimum absolute atomic E-state index is 0.0142. The van der Waals surface area contributed by atoms with Crippen molar-refractivity contribution in [3.05, 3.63) is 57.6 Å². The number of carboxylic acid groups (broad SMARTS) is 2. The maximum atomic E-state index is 13.3. The molecule has 388 valence electrons. The molecule has 0 radical (unpaired) electrons. The van der Waals surface area contributed by atoms with Gasteiger partial charge in [-0.05, 0) is 116 Å². The van der Waals surface area contributed by atoms with Gasteiger partial charge in [0, 0.05) is 60.7 Å². The Morgan fingerprint density at radius 2 is 0.914 bits per heavy atom. The molecule has 6 rings (SSSR count). The first-order valence-corrected chi connectivity index (χ1v) is 23.4. The molecule has 4 saturated heterocycles. The van der Waals surface area contributed by atoms with E-state index in [-0.39, 0.29) is 73.5 Å². The molecule has 24 heteroatoms. The fourth-order valence-electron chi connectivity index (χ4n) is 8.86. The van der Waals surface area contributed by atoms with Crippen molar-refractivity contribution in [3.63, 3.8) is 0 Å². The number of nitrogens with zero attached hydrogens (tertiary/aromatic N) is 4. The molecule has 4 fully saturated rings. The minimum Gasteiger partial charge on any atom is -0.481 e. The highest BCUT2D eigenvalue weighted by atomic mass is 35.5. The molecule has 70 heavy (non-hydrogen) atoms. The van der Waals surface area contributed by atoms with Crippen LogP contribution in [0.4, 0.5) is 47.3 Å². The van der Waals surface area contributed by atoms with E-state index in [1.807, 2.05) is 0 Å². The predicted octanol–water partition coefficient (Wildman–Crippen LogP) is 8.94. The number of benzene rings is 2. The van der Waals surface area contributed by atoms with Gasteiger partial charge in [-0.25, -0.2) is 9.59 Å². The lowest BCUT2D eigenvalue weighted by Crippen LogP contribution is -2.61. The van der Waals surface area contributed by atoms with Crippen molar-refractivity contribution < 1.29 is 74.8 Å². The predicted molar refractivity (Wildman–Crippen MR) is 244 cm³/mol. The zero-order valence-electron chi connectivity index (χ0n) is 39.4. The standard InChI is InChI=1S/2C23H29ClF3N3O5/c2*1-22(2,3)35-21(34)29-8-6-16(20(32)33)18(12-29)30-7-4-5-17(19(30)31)28-15-10-13(23(25,26)27)9-14(24)11-15/h2*9-11,16-18,28H,4-8,12H2,1-3H3,(H,32,33)/t2*16?,17-,18+/m11/s1. The Morgan fingerprint density at radius 1 is 0.571 bits per heavy atom. The van der Waals surface area contributed by atoms with Gasteiger partial charge in [0.15, 0.2) is 0 Å². The second kappa shape index (κ2) is 21.9. The Bertz CT molecular complexity index is 2120. The number of likely N-dealkylation sites (tertiary alicyclic amines) is 4. The SMILES string of the molecule is CC(C)(C)OC(=O)N1CCC(C(=O)O)[C@@H](N2CCC[C@@H](Nc3cc(Cl)cc(C(F)(F)F)c3)C2=O)C1.CC(C)(C)OC(=O)N1CCC(C(=O)O)[C@@H](N2CCC[C@@H](Nc3cc(Cl)cc(C(F)(F)F)c3)C2=O)C1. The third kappa shape index (κ3) is 14.8. The number of alkyl halides is 6. The number of ether oxygens (including phenoxy) is 2. The number of hydrogen-bond acceptors (Lipinski definition) is 10. The fourth-order valence-corrected chi connectivity index (χ4v) is 9.33. The van der Waals surface area contributed by atoms with E-state index in [1.165, 1.54) is 31.7 Å². The molecule has 4 amide bonds. The smallest absolute Gasteiger partial charge is 0.416 e. The van der Waals surface area contributed by atoms with Gasteiger partial charge in [0.1, 0.15) is 23.3 Å². The molecule has 2 unspecified atom stereocenters. The van der Waals surface area contributed by atoms with Crippen molar-refractivity contribution in [2.45, 2.75) is 128 Å². The van der Waals surface area contributed by atoms with E-state index >= 15 is 0 Å². The first kappa shape index (κ1) is 55.5. The van der Waals surface area contributed by atoms with E-state index in [2.05, 4.69) is 10.6 Å². The summed E-state index contributed by atoms with van der Waals surface area (Å²) in [6.07, 6.45) is -8.40. The lowest BCUT2D eigenvalue weighted by molar-refractivity contribution is -0.152. The molecule has 6 atom stereocenters. The fraction of sp³-hybridized carbons (Fsp3) is 0.609. The summed E-state index contributed by atoms with van der Waals surface area (Å²) < 4.78 is 89.8. The summed E-state index contributed by atoms with van der Waals surface area (Å²) in [6, 6.07) is 2.63. The topological polar surface area (TPSA) is 198 Å². The number of amides is 4. The van der Waals surface area contributed by atoms with Crippen molar-refractivity contribution in [1.29, 1.82) is 0 Å². The van der Waals surface area contributed by atoms with Crippen molar-refractivity contribution in [3.8, 4) is 0 Å². The lowest BCUT2D eigenvalue weighted by atomic mass is 9.88. The summed E-state index contributed by atoms with van der Waals surface area (Å²) in [6.45, 7) is 11.2. The Labute approximate surface area is 410 Å². The van der Waals surface area contributed by atoms with E-state index in [0.29, 0.717) is 25.7 Å². The molecule has 2 aromatic rings. The Morgan fingerprint density at radius 3 is 1.21 bits per heavy atom. The molecule has 4 heterocycles. The quantitative estimate of drug-likeness (QED) is 0.184. The molecule has 16 nitrogen and oxygen atoms in total. The molecule has 0 aliphatic carbocycles. The lowest BCUT2D eigenvalue weighted by Gasteiger charge is -2.45. The van der Waals surface area contributed by atoms with Crippen LogP contribution < -0.4 is 10.6 Å². The van der Waals surface area contributed by atoms with Crippen LogP contribution >= 0.6 is 23.2 Å². The first-order chi connectivity index (χ1) is 32.3. The molecule has 4 aliphatic heterocycles. The molecule has 0 aromatic heterocycles. The van der Waals surface area contributed by atoms with Gasteiger partial charge in [-0.15, -0.1) is 0 Å². The van der Waals surface area contributed by atoms with E-state index in [4.69, 9.17) is 32.7 Å². The van der Waals surface area contributed by atoms with Crippen LogP contribution in [0.25, 0.3) is 0 Å². The number of anilines is 2. The van der Waals surface area contributed by atoms with Crippen molar-refractivity contribution in [2.75, 3.05) is 49.9 Å². The van der Waals surface area contributed by atoms with Gasteiger partial charge in [-0.3, -0.25) is 19.2 Å². The third-order valence-corrected chi connectivity index (χ3v) is 12.4. The summed E-state index contributed by atoms with van der Waals surface area (Å²) in [5.41, 5.74) is -3.29. The summed E-state index contributed by atoms with van der Waals surface area (Å²) in [5.74, 6) is -4.81. The molecule has 4 N–H and O–H groups in total. The van der Waals surface area contributed by atoms with E-state index in [0.717, 1.165) is 24.3 Å². The van der Waals surface area contributed by atoms with Gasteiger partial charge >= 0.3 is 36.5 Å². The number of piperidine rings is 4. The van der Waals surface area contributed by atoms with Crippen LogP contribution in [0.2, 0.25) is 10.0 Å². The summed E-state index contributed by atoms with van der Waals surface area (Å²) in [4.78, 5) is 81.4. The van der Waals surface area contributed by atoms with E-state index < -0.39 is 107 Å². The Balaban J connectivity index is 0.000000261. The van der Waals surface area contributed by atoms with Gasteiger partial charge in [0.2, 0.25) is 11.8 Å². The van der Waals surface area contributed by atoms with Crippen LogP contribution in [0, 0.1) is 11.8 Å². The number of aliphatic carboxylic acids is 2. The number of carbonyl (C=O) groups excluding carboxylic acids is 4. The summed E-state index contributed by atoms with van der Waals surface area (Å²) in [7, 11) is 0. The number of carboxylic acids is 2. The molecule has 4 aliphatic rings. The number of hydrogen-bond donors (Lipinski definition) is 4. The van der Waals surface area contributed by atoms with Crippen LogP contribution in [0.1, 0.15) is 91.2 Å². The average Bonchev–Trinajstić information content (AvgIpc) is 3.22. The van der Waals surface area contributed by atoms with Gasteiger partial charge in [0.05, 0.1) is 35.0 Å². The van der Waals surface area contributed by atoms with Crippen LogP contribution in [-0.4, -0.2) is 140 Å². The Hall–Kier alpha value is -5.38. The number of carbonyl (C=O) groups is 6. The van der Waals surface area contributed by atoms with Crippen LogP contribution in [0.3, 0.4) is 0 Å². The van der Waals surface area contributed by atoms with Crippen LogP contribution in [0.15, 0.2) is 36.4 Å². The van der Waals surface area contributed by atoms with Gasteiger partial charge < -0.3 is 49.9 Å². The highest BCUT2D eigenvalue weighted by Crippen LogP contribution is 2.37. The van der Waals surface area contributed by atoms with Gasteiger partial charge in [-0.2, -0.15) is 26.3 Å². The van der Waals surface area contributed by atoms with Crippen molar-refractivity contribution >= 4 is 70.5 Å². The zero-order valence-corrected chi connectivity index (χ0v) is 40.9. The Kier molecular flexibility index (Phi) is 17.4. The molecule has 0 saturated carbocycles. The summed E-state index contributed by atoms with van der Waals surface area (Å²) in [5, 5.41) is 24.9. The van der Waals surface area contributed by atoms with Crippen LogP contribution in [0.5, 0.6) is 0 Å². The number of rotatable bonds is 8. The van der Waals surface area contributed by atoms with Gasteiger partial charge in [0.25, 0.3) is 0 Å². The highest BCUT2D eigenvalue weighted by Gasteiger charge is 2.46. The molecule has 0 bridgehead atoms. The molecular weight excluding hydrogens is 981 g/mol. The van der Waals surface area contributed by atoms with Crippen molar-refractivity contribution in [1.82, 2.24) is 19.6 Å². The molecule has 2 aromatic carbocycles. The monoisotopic (exact) mass is 1040 g/mol. The maximum Gasteiger partial charge on any atom is 0.416 e. The van der Waals surface area contributed by atoms with Crippen LogP contribution in [-0.2, 0) is 41.0 Å². The van der Waals surface area contributed by atoms with Gasteiger partial charge in [-0.1, -0.05) is 23.2 Å². The normalized spacial score (nSPS) is 23.7. The minimum atomic E-state index is -4.61. The molecular formula is C46H58Cl2F6N6O10. The second-order valence-electron chi connectivity index (χ2n) is 19.6. The van der Waals surface area contributed by atoms with E-state index in [9.17, 15) is 65.3 Å². The largest absolute Gasteiger partial charge is 0.481 e. The van der Waals surface area contributed by atoms with Crippen molar-refractivity contribution in [2.24, 2.45) is 11.8 Å². The average molecular weight is 1040 g/mol. The first-order valence-electron chi connectivity index (χ1n) is 22.6. The maximum absolute atomic E-state index is 13.3. The molecule has 0 spiro atoms. The third-order valence-electron chi connectivity index (χ3n) is 12.0.